The van der Waals surface area contributed by atoms with Crippen LogP contribution in [-0.4, -0.2) is 42.3 Å². The van der Waals surface area contributed by atoms with Crippen molar-refractivity contribution in [3.63, 3.8) is 0 Å². The Labute approximate surface area is 172 Å². The molecule has 0 spiro atoms. The molecule has 0 saturated carbocycles. The predicted octanol–water partition coefficient (Wildman–Crippen LogP) is 2.82. The highest BCUT2D eigenvalue weighted by Gasteiger charge is 2.46. The highest BCUT2D eigenvalue weighted by atomic mass is 16.5. The minimum atomic E-state index is -0.242. The molecule has 2 atom stereocenters. The van der Waals surface area contributed by atoms with E-state index in [2.05, 4.69) is 26.1 Å². The zero-order valence-electron chi connectivity index (χ0n) is 17.4. The van der Waals surface area contributed by atoms with Gasteiger partial charge in [0.1, 0.15) is 12.4 Å². The molecular weight excluding hydrogens is 368 g/mol. The van der Waals surface area contributed by atoms with Crippen molar-refractivity contribution < 1.29 is 19.1 Å². The summed E-state index contributed by atoms with van der Waals surface area (Å²) in [5, 5.41) is 2.78. The molecule has 6 heteroatoms. The lowest BCUT2D eigenvalue weighted by Crippen LogP contribution is -2.36. The van der Waals surface area contributed by atoms with Gasteiger partial charge in [-0.2, -0.15) is 0 Å². The second-order valence-corrected chi connectivity index (χ2v) is 8.71. The molecule has 6 nitrogen and oxygen atoms in total. The monoisotopic (exact) mass is 398 g/mol. The second kappa shape index (κ2) is 8.80. The van der Waals surface area contributed by atoms with Crippen molar-refractivity contribution in [3.05, 3.63) is 42.0 Å². The second-order valence-electron chi connectivity index (χ2n) is 8.71. The van der Waals surface area contributed by atoms with Crippen LogP contribution in [0.1, 0.15) is 45.6 Å². The maximum atomic E-state index is 12.4. The van der Waals surface area contributed by atoms with E-state index in [4.69, 9.17) is 4.74 Å². The Kier molecular flexibility index (Phi) is 6.40. The number of nitrogens with zero attached hydrogens (tertiary/aromatic N) is 1. The Hall–Kier alpha value is -2.63. The fraction of sp³-hybridized carbons (Fsp3) is 0.522. The third-order valence-corrected chi connectivity index (χ3v) is 5.57. The normalized spacial score (nSPS) is 21.3. The number of amides is 3. The van der Waals surface area contributed by atoms with Crippen molar-refractivity contribution in [2.45, 2.75) is 45.4 Å². The van der Waals surface area contributed by atoms with Gasteiger partial charge >= 0.3 is 0 Å². The number of rotatable bonds is 7. The third-order valence-electron chi connectivity index (χ3n) is 5.57. The van der Waals surface area contributed by atoms with Gasteiger partial charge in [-0.1, -0.05) is 45.1 Å². The quantitative estimate of drug-likeness (QED) is 0.435. The van der Waals surface area contributed by atoms with E-state index in [0.717, 1.165) is 5.75 Å². The zero-order chi connectivity index (χ0) is 21.0. The van der Waals surface area contributed by atoms with Gasteiger partial charge in [0.25, 0.3) is 0 Å². The number of benzene rings is 1. The van der Waals surface area contributed by atoms with Crippen molar-refractivity contribution in [1.29, 1.82) is 0 Å². The molecule has 3 rings (SSSR count). The van der Waals surface area contributed by atoms with Gasteiger partial charge in [-0.3, -0.25) is 19.3 Å². The van der Waals surface area contributed by atoms with Crippen LogP contribution in [0, 0.1) is 11.8 Å². The number of nitrogens with one attached hydrogen (secondary N) is 1. The predicted molar refractivity (Wildman–Crippen MR) is 110 cm³/mol. The van der Waals surface area contributed by atoms with E-state index in [9.17, 15) is 14.4 Å². The maximum absolute atomic E-state index is 12.4. The largest absolute Gasteiger partial charge is 0.492 e. The molecule has 0 radical (unpaired) electrons. The summed E-state index contributed by atoms with van der Waals surface area (Å²) in [4.78, 5) is 38.1. The summed E-state index contributed by atoms with van der Waals surface area (Å²) in [7, 11) is 0. The van der Waals surface area contributed by atoms with Crippen LogP contribution in [0.3, 0.4) is 0 Å². The van der Waals surface area contributed by atoms with E-state index in [1.54, 1.807) is 0 Å². The molecule has 1 heterocycles. The number of hydrogen-bond acceptors (Lipinski definition) is 4. The first-order valence-electron chi connectivity index (χ1n) is 10.3. The molecule has 1 aliphatic carbocycles. The Morgan fingerprint density at radius 1 is 1.07 bits per heavy atom. The van der Waals surface area contributed by atoms with Crippen molar-refractivity contribution in [2.75, 3.05) is 19.7 Å². The molecular formula is C23H30N2O4. The summed E-state index contributed by atoms with van der Waals surface area (Å²) < 4.78 is 5.66. The molecule has 1 saturated heterocycles. The van der Waals surface area contributed by atoms with Crippen LogP contribution in [-0.2, 0) is 19.8 Å². The Morgan fingerprint density at radius 3 is 2.21 bits per heavy atom. The molecule has 3 amide bonds. The molecule has 1 aromatic carbocycles. The van der Waals surface area contributed by atoms with Crippen molar-refractivity contribution >= 4 is 17.7 Å². The first kappa shape index (κ1) is 21.1. The summed E-state index contributed by atoms with van der Waals surface area (Å²) >= 11 is 0. The van der Waals surface area contributed by atoms with E-state index in [0.29, 0.717) is 26.0 Å². The lowest BCUT2D eigenvalue weighted by Gasteiger charge is -2.19. The first-order chi connectivity index (χ1) is 13.8. The molecule has 1 N–H and O–H groups in total. The van der Waals surface area contributed by atoms with Crippen LogP contribution in [0.4, 0.5) is 0 Å². The van der Waals surface area contributed by atoms with Crippen LogP contribution < -0.4 is 10.1 Å². The van der Waals surface area contributed by atoms with Gasteiger partial charge in [-0.05, 0) is 36.0 Å². The number of ether oxygens (including phenoxy) is 1. The summed E-state index contributed by atoms with van der Waals surface area (Å²) in [6.07, 6.45) is 5.26. The van der Waals surface area contributed by atoms with Gasteiger partial charge < -0.3 is 10.1 Å². The molecule has 1 aliphatic heterocycles. The molecule has 29 heavy (non-hydrogen) atoms. The minimum absolute atomic E-state index is 0.0961. The van der Waals surface area contributed by atoms with Gasteiger partial charge in [-0.15, -0.1) is 0 Å². The number of hydrogen-bond donors (Lipinski definition) is 1. The third kappa shape index (κ3) is 5.05. The van der Waals surface area contributed by atoms with E-state index >= 15 is 0 Å². The summed E-state index contributed by atoms with van der Waals surface area (Å²) in [5.41, 5.74) is 1.33. The molecule has 0 bridgehead atoms. The lowest BCUT2D eigenvalue weighted by molar-refractivity contribution is -0.140. The number of carbonyl (C=O) groups is 3. The lowest BCUT2D eigenvalue weighted by atomic mass is 9.85. The van der Waals surface area contributed by atoms with Crippen LogP contribution in [0.5, 0.6) is 5.75 Å². The Morgan fingerprint density at radius 2 is 1.66 bits per heavy atom. The molecule has 1 aromatic rings. The fourth-order valence-electron chi connectivity index (χ4n) is 3.80. The number of allylic oxidation sites excluding steroid dienone is 2. The van der Waals surface area contributed by atoms with Crippen molar-refractivity contribution in [1.82, 2.24) is 10.2 Å². The highest BCUT2D eigenvalue weighted by molar-refractivity contribution is 6.05. The van der Waals surface area contributed by atoms with E-state index < -0.39 is 0 Å². The minimum Gasteiger partial charge on any atom is -0.492 e. The van der Waals surface area contributed by atoms with Crippen LogP contribution >= 0.6 is 0 Å². The van der Waals surface area contributed by atoms with Crippen molar-refractivity contribution in [2.24, 2.45) is 11.8 Å². The Bertz CT molecular complexity index is 766. The average molecular weight is 399 g/mol. The number of carbonyl (C=O) groups excluding carboxylic acids is 3. The van der Waals surface area contributed by atoms with E-state index in [-0.39, 0.29) is 47.9 Å². The van der Waals surface area contributed by atoms with Gasteiger partial charge in [-0.25, -0.2) is 0 Å². The standard InChI is InChI=1S/C23H30N2O4/c1-23(2,3)16-8-10-17(11-9-16)29-15-13-24-20(26)12-14-25-21(27)18-6-4-5-7-19(18)22(25)28/h4-5,8-11,18-19H,6-7,12-15H2,1-3H3,(H,24,26)/t18-,19+. The van der Waals surface area contributed by atoms with Gasteiger partial charge in [0.2, 0.25) is 17.7 Å². The van der Waals surface area contributed by atoms with Crippen LogP contribution in [0.2, 0.25) is 0 Å². The van der Waals surface area contributed by atoms with E-state index in [1.165, 1.54) is 10.5 Å². The molecule has 2 aliphatic rings. The first-order valence-corrected chi connectivity index (χ1v) is 10.3. The van der Waals surface area contributed by atoms with Crippen LogP contribution in [0.25, 0.3) is 0 Å². The molecule has 1 fully saturated rings. The molecule has 156 valence electrons. The molecule has 0 unspecified atom stereocenters. The van der Waals surface area contributed by atoms with Crippen LogP contribution in [0.15, 0.2) is 36.4 Å². The average Bonchev–Trinajstić information content (AvgIpc) is 2.94. The summed E-state index contributed by atoms with van der Waals surface area (Å²) in [6, 6.07) is 7.96. The number of likely N-dealkylation sites (tertiary alicyclic amines) is 1. The number of imide groups is 1. The summed E-state index contributed by atoms with van der Waals surface area (Å²) in [5.74, 6) is -0.192. The Balaban J connectivity index is 1.36. The fourth-order valence-corrected chi connectivity index (χ4v) is 3.80. The smallest absolute Gasteiger partial charge is 0.233 e. The van der Waals surface area contributed by atoms with E-state index in [1.807, 2.05) is 36.4 Å². The number of fused-ring (bicyclic) bond motifs is 1. The molecule has 0 aromatic heterocycles. The van der Waals surface area contributed by atoms with Gasteiger partial charge in [0.15, 0.2) is 0 Å². The maximum Gasteiger partial charge on any atom is 0.233 e. The SMILES string of the molecule is CC(C)(C)c1ccc(OCCNC(=O)CCN2C(=O)[C@H]3CC=CC[C@H]3C2=O)cc1. The van der Waals surface area contributed by atoms with Gasteiger partial charge in [0, 0.05) is 13.0 Å². The highest BCUT2D eigenvalue weighted by Crippen LogP contribution is 2.35. The topological polar surface area (TPSA) is 75.7 Å². The summed E-state index contributed by atoms with van der Waals surface area (Å²) in [6.45, 7) is 7.35. The van der Waals surface area contributed by atoms with Crippen molar-refractivity contribution in [3.8, 4) is 5.75 Å². The van der Waals surface area contributed by atoms with Gasteiger partial charge in [0.05, 0.1) is 18.4 Å². The zero-order valence-corrected chi connectivity index (χ0v) is 17.4.